The quantitative estimate of drug-likeness (QED) is 0.599. The standard InChI is InChI=1S/C10H7BrO2/c11-10-8(5-2-6-12)3-1-4-9(10)7-13/h1-7H. The molecule has 0 saturated heterocycles. The fraction of sp³-hybridized carbons (Fsp3) is 0. The van der Waals surface area contributed by atoms with E-state index in [0.717, 1.165) is 11.8 Å². The predicted octanol–water partition coefficient (Wildman–Crippen LogP) is 2.47. The third-order valence-corrected chi connectivity index (χ3v) is 2.46. The van der Waals surface area contributed by atoms with Crippen molar-refractivity contribution in [1.82, 2.24) is 0 Å². The number of carbonyl (C=O) groups excluding carboxylic acids is 2. The molecule has 0 fully saturated rings. The lowest BCUT2D eigenvalue weighted by molar-refractivity contribution is -0.104. The molecule has 0 aliphatic rings. The second-order valence-corrected chi connectivity index (χ2v) is 3.16. The van der Waals surface area contributed by atoms with Gasteiger partial charge in [0.25, 0.3) is 0 Å². The number of benzene rings is 1. The Labute approximate surface area is 84.4 Å². The fourth-order valence-electron chi connectivity index (χ4n) is 0.931. The van der Waals surface area contributed by atoms with Gasteiger partial charge < -0.3 is 0 Å². The van der Waals surface area contributed by atoms with Crippen molar-refractivity contribution >= 4 is 34.6 Å². The van der Waals surface area contributed by atoms with Crippen LogP contribution in [-0.2, 0) is 4.79 Å². The van der Waals surface area contributed by atoms with Gasteiger partial charge in [-0.1, -0.05) is 24.3 Å². The molecular weight excluding hydrogens is 232 g/mol. The molecule has 0 saturated carbocycles. The summed E-state index contributed by atoms with van der Waals surface area (Å²) in [6.07, 6.45) is 4.49. The number of carbonyl (C=O) groups is 2. The average Bonchev–Trinajstić information content (AvgIpc) is 2.16. The van der Waals surface area contributed by atoms with Crippen LogP contribution in [-0.4, -0.2) is 12.6 Å². The maximum absolute atomic E-state index is 10.5. The minimum Gasteiger partial charge on any atom is -0.299 e. The Kier molecular flexibility index (Phi) is 3.58. The van der Waals surface area contributed by atoms with E-state index in [4.69, 9.17) is 0 Å². The fourth-order valence-corrected chi connectivity index (χ4v) is 1.42. The molecule has 0 aromatic heterocycles. The van der Waals surface area contributed by atoms with Gasteiger partial charge in [0.2, 0.25) is 0 Å². The number of allylic oxidation sites excluding steroid dienone is 1. The number of hydrogen-bond donors (Lipinski definition) is 0. The zero-order chi connectivity index (χ0) is 9.68. The highest BCUT2D eigenvalue weighted by molar-refractivity contribution is 9.10. The van der Waals surface area contributed by atoms with E-state index in [1.165, 1.54) is 6.08 Å². The molecule has 0 aliphatic heterocycles. The van der Waals surface area contributed by atoms with Crippen LogP contribution in [0.15, 0.2) is 28.7 Å². The topological polar surface area (TPSA) is 34.1 Å². The van der Waals surface area contributed by atoms with Crippen LogP contribution in [0.2, 0.25) is 0 Å². The van der Waals surface area contributed by atoms with Gasteiger partial charge in [0.05, 0.1) is 0 Å². The van der Waals surface area contributed by atoms with Crippen LogP contribution < -0.4 is 0 Å². The van der Waals surface area contributed by atoms with Crippen LogP contribution in [0.4, 0.5) is 0 Å². The van der Waals surface area contributed by atoms with E-state index in [0.29, 0.717) is 16.3 Å². The van der Waals surface area contributed by atoms with Crippen LogP contribution in [0.1, 0.15) is 15.9 Å². The Morgan fingerprint density at radius 2 is 1.85 bits per heavy atom. The zero-order valence-electron chi connectivity index (χ0n) is 6.74. The van der Waals surface area contributed by atoms with Crippen molar-refractivity contribution in [3.63, 3.8) is 0 Å². The predicted molar refractivity (Wildman–Crippen MR) is 54.6 cm³/mol. The van der Waals surface area contributed by atoms with Crippen molar-refractivity contribution in [2.24, 2.45) is 0 Å². The van der Waals surface area contributed by atoms with Gasteiger partial charge in [0, 0.05) is 10.0 Å². The molecule has 1 rings (SSSR count). The number of hydrogen-bond acceptors (Lipinski definition) is 2. The van der Waals surface area contributed by atoms with Crippen LogP contribution in [0.3, 0.4) is 0 Å². The Balaban J connectivity index is 3.14. The van der Waals surface area contributed by atoms with Gasteiger partial charge in [-0.3, -0.25) is 9.59 Å². The summed E-state index contributed by atoms with van der Waals surface area (Å²) in [5, 5.41) is 0. The van der Waals surface area contributed by atoms with Gasteiger partial charge >= 0.3 is 0 Å². The van der Waals surface area contributed by atoms with Gasteiger partial charge in [-0.25, -0.2) is 0 Å². The largest absolute Gasteiger partial charge is 0.299 e. The summed E-state index contributed by atoms with van der Waals surface area (Å²) < 4.78 is 0.711. The SMILES string of the molecule is O=CC=Cc1cccc(C=O)c1Br. The Bertz CT molecular complexity index is 356. The van der Waals surface area contributed by atoms with Crippen molar-refractivity contribution in [2.75, 3.05) is 0 Å². The lowest BCUT2D eigenvalue weighted by Crippen LogP contribution is -1.84. The van der Waals surface area contributed by atoms with E-state index in [2.05, 4.69) is 15.9 Å². The second kappa shape index (κ2) is 4.72. The Morgan fingerprint density at radius 3 is 2.46 bits per heavy atom. The van der Waals surface area contributed by atoms with Crippen LogP contribution in [0.25, 0.3) is 6.08 Å². The molecule has 1 aromatic rings. The van der Waals surface area contributed by atoms with E-state index in [1.807, 2.05) is 6.07 Å². The highest BCUT2D eigenvalue weighted by Gasteiger charge is 2.00. The first-order chi connectivity index (χ1) is 6.29. The maximum atomic E-state index is 10.5. The highest BCUT2D eigenvalue weighted by atomic mass is 79.9. The molecule has 2 nitrogen and oxygen atoms in total. The minimum absolute atomic E-state index is 0.577. The van der Waals surface area contributed by atoms with Gasteiger partial charge in [-0.2, -0.15) is 0 Å². The zero-order valence-corrected chi connectivity index (χ0v) is 8.32. The first-order valence-corrected chi connectivity index (χ1v) is 4.44. The third kappa shape index (κ3) is 2.36. The molecule has 0 amide bonds. The smallest absolute Gasteiger partial charge is 0.151 e. The summed E-state index contributed by atoms with van der Waals surface area (Å²) in [7, 11) is 0. The molecule has 0 unspecified atom stereocenters. The minimum atomic E-state index is 0.577. The maximum Gasteiger partial charge on any atom is 0.151 e. The first-order valence-electron chi connectivity index (χ1n) is 3.65. The van der Waals surface area contributed by atoms with Crippen LogP contribution in [0.5, 0.6) is 0 Å². The molecule has 13 heavy (non-hydrogen) atoms. The molecule has 0 aliphatic carbocycles. The van der Waals surface area contributed by atoms with Crippen molar-refractivity contribution in [1.29, 1.82) is 0 Å². The monoisotopic (exact) mass is 238 g/mol. The summed E-state index contributed by atoms with van der Waals surface area (Å²) in [5.41, 5.74) is 1.39. The molecule has 0 spiro atoms. The summed E-state index contributed by atoms with van der Waals surface area (Å²) >= 11 is 3.27. The van der Waals surface area contributed by atoms with E-state index in [-0.39, 0.29) is 0 Å². The molecule has 66 valence electrons. The average molecular weight is 239 g/mol. The van der Waals surface area contributed by atoms with Gasteiger partial charge in [-0.15, -0.1) is 0 Å². The highest BCUT2D eigenvalue weighted by Crippen LogP contribution is 2.21. The van der Waals surface area contributed by atoms with E-state index >= 15 is 0 Å². The summed E-state index contributed by atoms with van der Waals surface area (Å²) in [4.78, 5) is 20.6. The van der Waals surface area contributed by atoms with Crippen molar-refractivity contribution in [3.05, 3.63) is 39.9 Å². The molecule has 0 radical (unpaired) electrons. The number of rotatable bonds is 3. The molecule has 0 N–H and O–H groups in total. The first kappa shape index (κ1) is 9.86. The molecule has 0 bridgehead atoms. The lowest BCUT2D eigenvalue weighted by Gasteiger charge is -1.99. The second-order valence-electron chi connectivity index (χ2n) is 2.36. The number of halogens is 1. The van der Waals surface area contributed by atoms with Crippen molar-refractivity contribution < 1.29 is 9.59 Å². The Morgan fingerprint density at radius 1 is 1.15 bits per heavy atom. The Hall–Kier alpha value is -1.22. The molecule has 0 atom stereocenters. The third-order valence-electron chi connectivity index (χ3n) is 1.54. The summed E-state index contributed by atoms with van der Waals surface area (Å²) in [6, 6.07) is 5.28. The van der Waals surface area contributed by atoms with Crippen molar-refractivity contribution in [2.45, 2.75) is 0 Å². The summed E-state index contributed by atoms with van der Waals surface area (Å²) in [6.45, 7) is 0. The van der Waals surface area contributed by atoms with Crippen LogP contribution in [0, 0.1) is 0 Å². The van der Waals surface area contributed by atoms with Gasteiger partial charge in [0.15, 0.2) is 6.29 Å². The molecule has 1 aromatic carbocycles. The van der Waals surface area contributed by atoms with Gasteiger partial charge in [0.1, 0.15) is 6.29 Å². The lowest BCUT2D eigenvalue weighted by atomic mass is 10.1. The molecule has 0 heterocycles. The molecular formula is C10H7BrO2. The van der Waals surface area contributed by atoms with E-state index in [9.17, 15) is 9.59 Å². The van der Waals surface area contributed by atoms with E-state index in [1.54, 1.807) is 18.2 Å². The number of aldehydes is 2. The van der Waals surface area contributed by atoms with Gasteiger partial charge in [-0.05, 0) is 27.6 Å². The summed E-state index contributed by atoms with van der Waals surface area (Å²) in [5.74, 6) is 0. The van der Waals surface area contributed by atoms with Crippen LogP contribution >= 0.6 is 15.9 Å². The normalized spacial score (nSPS) is 10.2. The van der Waals surface area contributed by atoms with E-state index < -0.39 is 0 Å². The molecule has 3 heteroatoms. The van der Waals surface area contributed by atoms with Crippen molar-refractivity contribution in [3.8, 4) is 0 Å².